The van der Waals surface area contributed by atoms with Crippen molar-refractivity contribution in [3.63, 3.8) is 0 Å². The lowest BCUT2D eigenvalue weighted by Gasteiger charge is -2.33. The highest BCUT2D eigenvalue weighted by molar-refractivity contribution is 8.27. The Morgan fingerprint density at radius 2 is 1.80 bits per heavy atom. The van der Waals surface area contributed by atoms with Crippen LogP contribution >= 0.6 is 24.0 Å². The van der Waals surface area contributed by atoms with Gasteiger partial charge in [-0.2, -0.15) is 0 Å². The van der Waals surface area contributed by atoms with Gasteiger partial charge in [-0.3, -0.25) is 24.6 Å². The first-order valence-corrected chi connectivity index (χ1v) is 13.6. The average Bonchev–Trinajstić information content (AvgIpc) is 3.22. The minimum Gasteiger partial charge on any atom is -0.363 e. The van der Waals surface area contributed by atoms with Gasteiger partial charge in [0.05, 0.1) is 15.5 Å². The fraction of sp³-hybridized carbons (Fsp3) is 0.179. The average molecular weight is 578 g/mol. The van der Waals surface area contributed by atoms with Crippen molar-refractivity contribution in [1.82, 2.24) is 4.90 Å². The van der Waals surface area contributed by atoms with Crippen molar-refractivity contribution >= 4 is 68.9 Å². The van der Waals surface area contributed by atoms with Crippen molar-refractivity contribution in [2.75, 3.05) is 48.3 Å². The Kier molecular flexibility index (Phi) is 7.92. The minimum atomic E-state index is -0.429. The monoisotopic (exact) mass is 577 g/mol. The number of amides is 2. The zero-order valence-electron chi connectivity index (χ0n) is 21.4. The second-order valence-electron chi connectivity index (χ2n) is 9.32. The van der Waals surface area contributed by atoms with Gasteiger partial charge in [-0.25, -0.2) is 4.39 Å². The molecule has 2 aliphatic rings. The van der Waals surface area contributed by atoms with Gasteiger partial charge >= 0.3 is 0 Å². The topological polar surface area (TPSA) is 99.0 Å². The first-order valence-electron chi connectivity index (χ1n) is 12.4. The van der Waals surface area contributed by atoms with Crippen LogP contribution in [0.3, 0.4) is 0 Å². The van der Waals surface area contributed by atoms with Crippen LogP contribution in [0.5, 0.6) is 0 Å². The maximum Gasteiger partial charge on any atom is 0.293 e. The summed E-state index contributed by atoms with van der Waals surface area (Å²) in [6, 6.07) is 16.8. The number of nitro benzene ring substituents is 1. The van der Waals surface area contributed by atoms with Crippen LogP contribution in [0, 0.1) is 15.9 Å². The summed E-state index contributed by atoms with van der Waals surface area (Å²) < 4.78 is 13.4. The summed E-state index contributed by atoms with van der Waals surface area (Å²) in [6.45, 7) is 3.01. The number of carbonyl (C=O) groups excluding carboxylic acids is 2. The third kappa shape index (κ3) is 5.88. The number of hydrogen-bond acceptors (Lipinski definition) is 8. The van der Waals surface area contributed by atoms with Gasteiger partial charge in [-0.1, -0.05) is 36.1 Å². The summed E-state index contributed by atoms with van der Waals surface area (Å²) in [7, 11) is 2.02. The zero-order valence-corrected chi connectivity index (χ0v) is 23.0. The second-order valence-corrected chi connectivity index (χ2v) is 11.0. The Balaban J connectivity index is 1.36. The molecule has 0 atom stereocenters. The Hall–Kier alpha value is -4.13. The van der Waals surface area contributed by atoms with E-state index in [4.69, 9.17) is 12.2 Å². The van der Waals surface area contributed by atoms with Crippen LogP contribution < -0.4 is 15.1 Å². The number of carbonyl (C=O) groups is 2. The normalized spacial score (nSPS) is 17.0. The third-order valence-electron chi connectivity index (χ3n) is 6.60. The molecule has 204 valence electrons. The highest BCUT2D eigenvalue weighted by atomic mass is 32.2. The number of halogens is 1. The molecule has 2 aliphatic heterocycles. The van der Waals surface area contributed by atoms with Crippen LogP contribution in [0.1, 0.15) is 15.9 Å². The Bertz CT molecular complexity index is 1540. The van der Waals surface area contributed by atoms with Gasteiger partial charge < -0.3 is 15.1 Å². The van der Waals surface area contributed by atoms with Gasteiger partial charge in [0.2, 0.25) is 0 Å². The largest absolute Gasteiger partial charge is 0.363 e. The highest BCUT2D eigenvalue weighted by Crippen LogP contribution is 2.38. The van der Waals surface area contributed by atoms with E-state index in [1.165, 1.54) is 35.2 Å². The zero-order chi connectivity index (χ0) is 28.4. The molecule has 1 N–H and O–H groups in total. The van der Waals surface area contributed by atoms with Crippen molar-refractivity contribution in [3.05, 3.63) is 98.7 Å². The second kappa shape index (κ2) is 11.5. The van der Waals surface area contributed by atoms with Crippen LogP contribution in [-0.2, 0) is 4.79 Å². The molecule has 0 aromatic heterocycles. The Labute approximate surface area is 239 Å². The smallest absolute Gasteiger partial charge is 0.293 e. The van der Waals surface area contributed by atoms with Gasteiger partial charge in [0.15, 0.2) is 4.32 Å². The number of nitrogens with zero attached hydrogens (tertiary/aromatic N) is 4. The van der Waals surface area contributed by atoms with E-state index in [0.29, 0.717) is 40.6 Å². The first kappa shape index (κ1) is 27.4. The van der Waals surface area contributed by atoms with E-state index < -0.39 is 22.6 Å². The summed E-state index contributed by atoms with van der Waals surface area (Å²) in [6.07, 6.45) is 1.59. The van der Waals surface area contributed by atoms with Crippen LogP contribution in [0.25, 0.3) is 6.08 Å². The van der Waals surface area contributed by atoms with Gasteiger partial charge in [-0.15, -0.1) is 0 Å². The van der Waals surface area contributed by atoms with Crippen molar-refractivity contribution in [1.29, 1.82) is 0 Å². The van der Waals surface area contributed by atoms with Crippen molar-refractivity contribution in [2.24, 2.45) is 0 Å². The molecule has 2 saturated heterocycles. The van der Waals surface area contributed by atoms with Crippen LogP contribution in [0.4, 0.5) is 27.1 Å². The molecular formula is C28H24FN5O4S2. The molecule has 40 heavy (non-hydrogen) atoms. The Morgan fingerprint density at radius 3 is 2.50 bits per heavy atom. The van der Waals surface area contributed by atoms with Gasteiger partial charge in [-0.05, 0) is 67.2 Å². The number of thiocarbonyl (C=S) groups is 1. The summed E-state index contributed by atoms with van der Waals surface area (Å²) in [5.74, 6) is -1.23. The van der Waals surface area contributed by atoms with Crippen LogP contribution in [0.15, 0.2) is 71.6 Å². The minimum absolute atomic E-state index is 0.0198. The van der Waals surface area contributed by atoms with E-state index in [9.17, 15) is 24.1 Å². The predicted octanol–water partition coefficient (Wildman–Crippen LogP) is 5.14. The number of likely N-dealkylation sites (N-methyl/N-ethyl adjacent to an activating group) is 1. The van der Waals surface area contributed by atoms with Crippen molar-refractivity contribution in [2.45, 2.75) is 0 Å². The molecule has 9 nitrogen and oxygen atoms in total. The number of nitro groups is 1. The highest BCUT2D eigenvalue weighted by Gasteiger charge is 2.34. The lowest BCUT2D eigenvalue weighted by molar-refractivity contribution is -0.384. The molecule has 0 saturated carbocycles. The van der Waals surface area contributed by atoms with E-state index >= 15 is 0 Å². The van der Waals surface area contributed by atoms with Gasteiger partial charge in [0.1, 0.15) is 11.5 Å². The summed E-state index contributed by atoms with van der Waals surface area (Å²) in [4.78, 5) is 43.4. The third-order valence-corrected chi connectivity index (χ3v) is 7.90. The molecular weight excluding hydrogens is 553 g/mol. The van der Waals surface area contributed by atoms with E-state index in [0.717, 1.165) is 24.9 Å². The number of thioether (sulfide) groups is 1. The summed E-state index contributed by atoms with van der Waals surface area (Å²) in [5, 5.41) is 14.6. The molecule has 3 aromatic carbocycles. The van der Waals surface area contributed by atoms with E-state index in [-0.39, 0.29) is 15.6 Å². The van der Waals surface area contributed by atoms with Crippen LogP contribution in [0.2, 0.25) is 0 Å². The molecule has 2 fully saturated rings. The molecule has 2 amide bonds. The quantitative estimate of drug-likeness (QED) is 0.186. The molecule has 3 aromatic rings. The fourth-order valence-electron chi connectivity index (χ4n) is 4.46. The maximum atomic E-state index is 13.4. The van der Waals surface area contributed by atoms with E-state index in [2.05, 4.69) is 10.2 Å². The number of hydrogen-bond donors (Lipinski definition) is 1. The molecule has 12 heteroatoms. The summed E-state index contributed by atoms with van der Waals surface area (Å²) in [5.41, 5.74) is 2.17. The molecule has 0 bridgehead atoms. The summed E-state index contributed by atoms with van der Waals surface area (Å²) >= 11 is 6.56. The molecule has 0 unspecified atom stereocenters. The number of nitrogens with one attached hydrogen (secondary N) is 1. The SMILES string of the molecule is CN1CCN(c2ccc(/C=C3/SC(=S)N(c4cccc(C(=O)Nc5ccc(F)cc5)c4)C3=O)cc2[N+](=O)[O-])CC1. The van der Waals surface area contributed by atoms with Crippen molar-refractivity contribution < 1.29 is 18.9 Å². The first-order chi connectivity index (χ1) is 19.2. The van der Waals surface area contributed by atoms with Crippen LogP contribution in [-0.4, -0.2) is 59.2 Å². The number of piperazine rings is 1. The lowest BCUT2D eigenvalue weighted by atomic mass is 10.1. The Morgan fingerprint density at radius 1 is 1.07 bits per heavy atom. The molecule has 5 rings (SSSR count). The maximum absolute atomic E-state index is 13.4. The fourth-order valence-corrected chi connectivity index (χ4v) is 5.75. The number of rotatable bonds is 6. The standard InChI is InChI=1S/C28H24FN5O4S2/c1-31-11-13-32(14-12-31)23-10-5-18(15-24(23)34(37)38)16-25-27(36)33(28(39)40-25)22-4-2-3-19(17-22)26(35)30-21-8-6-20(29)7-9-21/h2-10,15-17H,11-14H2,1H3,(H,30,35)/b25-16+. The molecule has 0 spiro atoms. The van der Waals surface area contributed by atoms with Gasteiger partial charge in [0, 0.05) is 43.5 Å². The molecule has 0 radical (unpaired) electrons. The lowest BCUT2D eigenvalue weighted by Crippen LogP contribution is -2.44. The predicted molar refractivity (Wildman–Crippen MR) is 159 cm³/mol. The van der Waals surface area contributed by atoms with E-state index in [1.54, 1.807) is 42.5 Å². The number of anilines is 3. The number of benzene rings is 3. The molecule has 0 aliphatic carbocycles. The van der Waals surface area contributed by atoms with Gasteiger partial charge in [0.25, 0.3) is 17.5 Å². The molecule has 2 heterocycles. The van der Waals surface area contributed by atoms with Crippen molar-refractivity contribution in [3.8, 4) is 0 Å². The van der Waals surface area contributed by atoms with E-state index in [1.807, 2.05) is 11.9 Å².